The molecule has 90 valence electrons. The number of aliphatic hydroxyl groups is 1. The van der Waals surface area contributed by atoms with Crippen molar-refractivity contribution >= 4 is 5.97 Å². The third kappa shape index (κ3) is 6.86. The fourth-order valence-electron chi connectivity index (χ4n) is 0.752. The fraction of sp³-hybridized carbons (Fsp3) is 0.778. The Labute approximate surface area is 92.9 Å². The molecule has 0 bridgehead atoms. The van der Waals surface area contributed by atoms with Crippen molar-refractivity contribution in [2.45, 2.75) is 32.1 Å². The van der Waals surface area contributed by atoms with Crippen LogP contribution in [0.25, 0.3) is 0 Å². The summed E-state index contributed by atoms with van der Waals surface area (Å²) in [6.45, 7) is 3.15. The smallest absolute Gasteiger partial charge is 0.349 e. The second kappa shape index (κ2) is 6.87. The molecule has 0 aliphatic carbocycles. The summed E-state index contributed by atoms with van der Waals surface area (Å²) in [5.41, 5.74) is 0. The van der Waals surface area contributed by atoms with E-state index in [4.69, 9.17) is 15.1 Å². The minimum Gasteiger partial charge on any atom is -0.463 e. The Morgan fingerprint density at radius 2 is 2.19 bits per heavy atom. The fourth-order valence-corrected chi connectivity index (χ4v) is 0.752. The van der Waals surface area contributed by atoms with E-state index in [0.29, 0.717) is 6.42 Å². The van der Waals surface area contributed by atoms with Gasteiger partial charge in [0.05, 0.1) is 13.2 Å². The molecule has 0 fully saturated rings. The van der Waals surface area contributed by atoms with Gasteiger partial charge in [-0.25, -0.2) is 4.79 Å². The van der Waals surface area contributed by atoms with Gasteiger partial charge in [-0.05, 0) is 19.0 Å². The Morgan fingerprint density at radius 1 is 1.56 bits per heavy atom. The number of carbonyl (C=O) groups excluding carboxylic acids is 1. The van der Waals surface area contributed by atoms with Crippen LogP contribution in [0, 0.1) is 16.2 Å². The molecule has 7 nitrogen and oxygen atoms in total. The SMILES string of the molecule is CC(C)(O)OCCCOC(=O)C(C#N)N=O. The van der Waals surface area contributed by atoms with Gasteiger partial charge in [-0.1, -0.05) is 0 Å². The van der Waals surface area contributed by atoms with Crippen molar-refractivity contribution in [3.63, 3.8) is 0 Å². The number of esters is 1. The predicted molar refractivity (Wildman–Crippen MR) is 53.0 cm³/mol. The second-order valence-electron chi connectivity index (χ2n) is 3.45. The number of nitroso groups, excluding NO2 is 1. The van der Waals surface area contributed by atoms with Gasteiger partial charge in [-0.3, -0.25) is 0 Å². The van der Waals surface area contributed by atoms with Crippen molar-refractivity contribution in [2.24, 2.45) is 5.18 Å². The number of rotatable bonds is 7. The summed E-state index contributed by atoms with van der Waals surface area (Å²) < 4.78 is 9.52. The van der Waals surface area contributed by atoms with Crippen LogP contribution >= 0.6 is 0 Å². The molecular formula is C9H14N2O5. The third-order valence-corrected chi connectivity index (χ3v) is 1.44. The minimum atomic E-state index is -1.62. The summed E-state index contributed by atoms with van der Waals surface area (Å²) in [6.07, 6.45) is 0.354. The standard InChI is InChI=1S/C9H14N2O5/c1-9(2,13)16-5-3-4-15-8(12)7(6-10)11-14/h7,13H,3-5H2,1-2H3. The second-order valence-corrected chi connectivity index (χ2v) is 3.45. The maximum absolute atomic E-state index is 10.9. The highest BCUT2D eigenvalue weighted by molar-refractivity contribution is 5.78. The first-order valence-corrected chi connectivity index (χ1v) is 4.66. The van der Waals surface area contributed by atoms with Gasteiger partial charge in [0.2, 0.25) is 0 Å². The minimum absolute atomic E-state index is 0.00259. The lowest BCUT2D eigenvalue weighted by atomic mass is 10.3. The molecule has 0 saturated heterocycles. The third-order valence-electron chi connectivity index (χ3n) is 1.44. The Balaban J connectivity index is 3.64. The van der Waals surface area contributed by atoms with Gasteiger partial charge in [0, 0.05) is 6.42 Å². The summed E-state index contributed by atoms with van der Waals surface area (Å²) in [6, 6.07) is -0.224. The molecule has 0 rings (SSSR count). The van der Waals surface area contributed by atoms with Crippen LogP contribution in [0.4, 0.5) is 0 Å². The van der Waals surface area contributed by atoms with E-state index >= 15 is 0 Å². The molecule has 16 heavy (non-hydrogen) atoms. The zero-order chi connectivity index (χ0) is 12.6. The molecule has 0 saturated carbocycles. The van der Waals surface area contributed by atoms with E-state index in [1.54, 1.807) is 0 Å². The molecule has 0 aliphatic rings. The molecule has 0 heterocycles. The van der Waals surface area contributed by atoms with Crippen molar-refractivity contribution < 1.29 is 19.4 Å². The van der Waals surface area contributed by atoms with E-state index in [1.807, 2.05) is 0 Å². The number of nitrogens with zero attached hydrogens (tertiary/aromatic N) is 2. The van der Waals surface area contributed by atoms with E-state index in [-0.39, 0.29) is 13.2 Å². The van der Waals surface area contributed by atoms with Gasteiger partial charge in [0.1, 0.15) is 6.07 Å². The normalized spacial score (nSPS) is 12.6. The summed E-state index contributed by atoms with van der Waals surface area (Å²) in [7, 11) is 0. The van der Waals surface area contributed by atoms with Crippen molar-refractivity contribution in [2.75, 3.05) is 13.2 Å². The summed E-state index contributed by atoms with van der Waals surface area (Å²) in [4.78, 5) is 20.9. The Bertz CT molecular complexity index is 279. The first-order valence-electron chi connectivity index (χ1n) is 4.66. The topological polar surface area (TPSA) is 109 Å². The van der Waals surface area contributed by atoms with Gasteiger partial charge in [-0.15, -0.1) is 4.91 Å². The molecule has 0 aromatic carbocycles. The first-order chi connectivity index (χ1) is 7.40. The van der Waals surface area contributed by atoms with Crippen molar-refractivity contribution in [1.29, 1.82) is 5.26 Å². The van der Waals surface area contributed by atoms with E-state index in [1.165, 1.54) is 19.9 Å². The van der Waals surface area contributed by atoms with Crippen LogP contribution in [0.15, 0.2) is 5.18 Å². The predicted octanol–water partition coefficient (Wildman–Crippen LogP) is 0.323. The van der Waals surface area contributed by atoms with Crippen LogP contribution < -0.4 is 0 Å². The molecule has 1 N–H and O–H groups in total. The maximum atomic E-state index is 10.9. The average molecular weight is 230 g/mol. The van der Waals surface area contributed by atoms with Crippen LogP contribution in [0.1, 0.15) is 20.3 Å². The van der Waals surface area contributed by atoms with Crippen molar-refractivity contribution in [1.82, 2.24) is 0 Å². The van der Waals surface area contributed by atoms with Gasteiger partial charge < -0.3 is 14.6 Å². The molecule has 0 aromatic heterocycles. The molecule has 0 aliphatic heterocycles. The van der Waals surface area contributed by atoms with Crippen LogP contribution in [-0.2, 0) is 14.3 Å². The number of ether oxygens (including phenoxy) is 2. The zero-order valence-corrected chi connectivity index (χ0v) is 9.17. The van der Waals surface area contributed by atoms with E-state index in [9.17, 15) is 9.70 Å². The number of hydrogen-bond donors (Lipinski definition) is 1. The monoisotopic (exact) mass is 230 g/mol. The zero-order valence-electron chi connectivity index (χ0n) is 9.17. The summed E-state index contributed by atoms with van der Waals surface area (Å²) >= 11 is 0. The largest absolute Gasteiger partial charge is 0.463 e. The molecule has 0 amide bonds. The van der Waals surface area contributed by atoms with Crippen molar-refractivity contribution in [3.05, 3.63) is 4.91 Å². The highest BCUT2D eigenvalue weighted by Gasteiger charge is 2.19. The maximum Gasteiger partial charge on any atom is 0.349 e. The van der Waals surface area contributed by atoms with Gasteiger partial charge in [0.15, 0.2) is 5.79 Å². The van der Waals surface area contributed by atoms with E-state index < -0.39 is 17.8 Å². The summed E-state index contributed by atoms with van der Waals surface area (Å²) in [5.74, 6) is -2.20. The average Bonchev–Trinajstić information content (AvgIpc) is 2.17. The lowest BCUT2D eigenvalue weighted by molar-refractivity contribution is -0.178. The van der Waals surface area contributed by atoms with Crippen LogP contribution in [0.3, 0.4) is 0 Å². The highest BCUT2D eigenvalue weighted by Crippen LogP contribution is 2.03. The van der Waals surface area contributed by atoms with Gasteiger partial charge in [0.25, 0.3) is 6.04 Å². The Kier molecular flexibility index (Phi) is 6.22. The highest BCUT2D eigenvalue weighted by atomic mass is 16.6. The number of nitriles is 1. The lowest BCUT2D eigenvalue weighted by Crippen LogP contribution is -2.25. The first kappa shape index (κ1) is 14.5. The Morgan fingerprint density at radius 3 is 2.62 bits per heavy atom. The number of carbonyl (C=O) groups is 1. The van der Waals surface area contributed by atoms with E-state index in [0.717, 1.165) is 0 Å². The lowest BCUT2D eigenvalue weighted by Gasteiger charge is -2.17. The van der Waals surface area contributed by atoms with Gasteiger partial charge >= 0.3 is 5.97 Å². The summed E-state index contributed by atoms with van der Waals surface area (Å²) in [5, 5.41) is 19.8. The van der Waals surface area contributed by atoms with Gasteiger partial charge in [-0.2, -0.15) is 5.26 Å². The quantitative estimate of drug-likeness (QED) is 0.292. The van der Waals surface area contributed by atoms with Crippen molar-refractivity contribution in [3.8, 4) is 6.07 Å². The molecule has 1 atom stereocenters. The van der Waals surface area contributed by atoms with Crippen LogP contribution in [-0.4, -0.2) is 36.1 Å². The van der Waals surface area contributed by atoms with Crippen LogP contribution in [0.5, 0.6) is 0 Å². The molecule has 0 aromatic rings. The molecule has 0 radical (unpaired) electrons. The van der Waals surface area contributed by atoms with E-state index in [2.05, 4.69) is 9.91 Å². The van der Waals surface area contributed by atoms with Crippen LogP contribution in [0.2, 0.25) is 0 Å². The Hall–Kier alpha value is -1.52. The molecule has 0 spiro atoms. The molecule has 1 unspecified atom stereocenters. The molecular weight excluding hydrogens is 216 g/mol. The number of hydrogen-bond acceptors (Lipinski definition) is 7. The molecule has 7 heteroatoms.